The first-order valence-electron chi connectivity index (χ1n) is 8.36. The highest BCUT2D eigenvalue weighted by Gasteiger charge is 2.26. The van der Waals surface area contributed by atoms with Crippen molar-refractivity contribution in [3.8, 4) is 0 Å². The highest BCUT2D eigenvalue weighted by atomic mass is 16.3. The number of benzene rings is 1. The highest BCUT2D eigenvalue weighted by molar-refractivity contribution is 5.92. The van der Waals surface area contributed by atoms with E-state index in [0.29, 0.717) is 24.7 Å². The van der Waals surface area contributed by atoms with E-state index in [1.54, 1.807) is 0 Å². The van der Waals surface area contributed by atoms with E-state index in [-0.39, 0.29) is 17.9 Å². The second kappa shape index (κ2) is 7.05. The molecule has 1 aliphatic rings. The van der Waals surface area contributed by atoms with Gasteiger partial charge >= 0.3 is 0 Å². The minimum absolute atomic E-state index is 0.0892. The molecule has 6 heteroatoms. The molecule has 1 unspecified atom stereocenters. The smallest absolute Gasteiger partial charge is 0.275 e. The van der Waals surface area contributed by atoms with Crippen molar-refractivity contribution in [3.63, 3.8) is 0 Å². The zero-order chi connectivity index (χ0) is 17.1. The number of nitrogens with zero attached hydrogens (tertiary/aromatic N) is 3. The van der Waals surface area contributed by atoms with Crippen molar-refractivity contribution in [3.05, 3.63) is 48.2 Å². The van der Waals surface area contributed by atoms with E-state index in [1.807, 2.05) is 36.9 Å². The minimum Gasteiger partial charge on any atom is -0.446 e. The zero-order valence-electron chi connectivity index (χ0n) is 14.2. The lowest BCUT2D eigenvalue weighted by Crippen LogP contribution is -2.48. The van der Waals surface area contributed by atoms with Crippen LogP contribution < -0.4 is 10.6 Å². The number of hydrogen-bond donors (Lipinski definition) is 1. The Balaban J connectivity index is 1.61. The molecule has 0 saturated carbocycles. The third kappa shape index (κ3) is 3.43. The van der Waals surface area contributed by atoms with Gasteiger partial charge in [-0.3, -0.25) is 4.79 Å². The Morgan fingerprint density at radius 3 is 2.46 bits per heavy atom. The number of hydrogen-bond acceptors (Lipinski definition) is 5. The average Bonchev–Trinajstić information content (AvgIpc) is 3.11. The number of aromatic nitrogens is 1. The van der Waals surface area contributed by atoms with Crippen molar-refractivity contribution in [1.82, 2.24) is 9.88 Å². The summed E-state index contributed by atoms with van der Waals surface area (Å²) in [6, 6.07) is 9.96. The maximum absolute atomic E-state index is 12.6. The van der Waals surface area contributed by atoms with Gasteiger partial charge in [0.05, 0.1) is 6.04 Å². The van der Waals surface area contributed by atoms with Gasteiger partial charge in [0.15, 0.2) is 5.69 Å². The Labute approximate surface area is 142 Å². The lowest BCUT2D eigenvalue weighted by atomic mass is 10.1. The van der Waals surface area contributed by atoms with Gasteiger partial charge in [-0.2, -0.15) is 0 Å². The molecule has 6 nitrogen and oxygen atoms in total. The first kappa shape index (κ1) is 16.5. The van der Waals surface area contributed by atoms with Crippen LogP contribution in [0.1, 0.15) is 36.3 Å². The molecule has 1 amide bonds. The van der Waals surface area contributed by atoms with Gasteiger partial charge in [0, 0.05) is 31.9 Å². The summed E-state index contributed by atoms with van der Waals surface area (Å²) in [5, 5.41) is 0. The van der Waals surface area contributed by atoms with Gasteiger partial charge in [0.2, 0.25) is 5.89 Å². The van der Waals surface area contributed by atoms with Crippen LogP contribution in [0.4, 0.5) is 5.69 Å². The summed E-state index contributed by atoms with van der Waals surface area (Å²) in [5.74, 6) is 0.547. The van der Waals surface area contributed by atoms with Gasteiger partial charge < -0.3 is 20.0 Å². The molecule has 2 aromatic rings. The molecule has 1 saturated heterocycles. The fourth-order valence-electron chi connectivity index (χ4n) is 2.79. The predicted molar refractivity (Wildman–Crippen MR) is 92.8 cm³/mol. The number of para-hydroxylation sites is 1. The number of rotatable bonds is 4. The number of piperazine rings is 1. The van der Waals surface area contributed by atoms with Gasteiger partial charge in [0.25, 0.3) is 5.91 Å². The SMILES string of the molecule is CC(C)C(N)c1nc(C(=O)N2CCN(c3ccccc3)CC2)co1. The van der Waals surface area contributed by atoms with Gasteiger partial charge in [-0.15, -0.1) is 0 Å². The summed E-state index contributed by atoms with van der Waals surface area (Å²) in [4.78, 5) is 21.0. The van der Waals surface area contributed by atoms with Crippen LogP contribution in [-0.2, 0) is 0 Å². The van der Waals surface area contributed by atoms with E-state index in [1.165, 1.54) is 12.0 Å². The molecule has 1 atom stereocenters. The molecular formula is C18H24N4O2. The van der Waals surface area contributed by atoms with Gasteiger partial charge in [-0.25, -0.2) is 4.98 Å². The monoisotopic (exact) mass is 328 g/mol. The minimum atomic E-state index is -0.290. The van der Waals surface area contributed by atoms with Crippen LogP contribution in [-0.4, -0.2) is 42.0 Å². The summed E-state index contributed by atoms with van der Waals surface area (Å²) in [5.41, 5.74) is 7.56. The normalized spacial score (nSPS) is 16.5. The van der Waals surface area contributed by atoms with Crippen molar-refractivity contribution in [2.75, 3.05) is 31.1 Å². The van der Waals surface area contributed by atoms with E-state index in [0.717, 1.165) is 13.1 Å². The van der Waals surface area contributed by atoms with Crippen molar-refractivity contribution in [2.45, 2.75) is 19.9 Å². The Morgan fingerprint density at radius 1 is 1.17 bits per heavy atom. The van der Waals surface area contributed by atoms with Gasteiger partial charge in [-0.1, -0.05) is 32.0 Å². The molecule has 1 aromatic heterocycles. The van der Waals surface area contributed by atoms with Gasteiger partial charge in [-0.05, 0) is 18.1 Å². The number of carbonyl (C=O) groups excluding carboxylic acids is 1. The Morgan fingerprint density at radius 2 is 1.83 bits per heavy atom. The average molecular weight is 328 g/mol. The lowest BCUT2D eigenvalue weighted by Gasteiger charge is -2.35. The van der Waals surface area contributed by atoms with Crippen LogP contribution in [0.3, 0.4) is 0 Å². The second-order valence-corrected chi connectivity index (χ2v) is 6.46. The largest absolute Gasteiger partial charge is 0.446 e. The van der Waals surface area contributed by atoms with Crippen molar-refractivity contribution < 1.29 is 9.21 Å². The molecule has 2 N–H and O–H groups in total. The van der Waals surface area contributed by atoms with E-state index in [9.17, 15) is 4.79 Å². The molecule has 128 valence electrons. The third-order valence-electron chi connectivity index (χ3n) is 4.43. The molecule has 2 heterocycles. The van der Waals surface area contributed by atoms with E-state index < -0.39 is 0 Å². The number of carbonyl (C=O) groups is 1. The van der Waals surface area contributed by atoms with Crippen molar-refractivity contribution in [1.29, 1.82) is 0 Å². The summed E-state index contributed by atoms with van der Waals surface area (Å²) >= 11 is 0. The second-order valence-electron chi connectivity index (χ2n) is 6.46. The highest BCUT2D eigenvalue weighted by Crippen LogP contribution is 2.20. The number of amides is 1. The Kier molecular flexibility index (Phi) is 4.85. The van der Waals surface area contributed by atoms with Crippen LogP contribution in [0.25, 0.3) is 0 Å². The molecule has 1 aromatic carbocycles. The number of anilines is 1. The predicted octanol–water partition coefficient (Wildman–Crippen LogP) is 2.29. The molecule has 0 spiro atoms. The van der Waals surface area contributed by atoms with Crippen LogP contribution in [0, 0.1) is 5.92 Å². The van der Waals surface area contributed by atoms with E-state index >= 15 is 0 Å². The van der Waals surface area contributed by atoms with E-state index in [2.05, 4.69) is 22.0 Å². The quantitative estimate of drug-likeness (QED) is 0.932. The van der Waals surface area contributed by atoms with Crippen molar-refractivity contribution >= 4 is 11.6 Å². The van der Waals surface area contributed by atoms with Crippen LogP contribution in [0.15, 0.2) is 41.0 Å². The fourth-order valence-corrected chi connectivity index (χ4v) is 2.79. The Hall–Kier alpha value is -2.34. The third-order valence-corrected chi connectivity index (χ3v) is 4.43. The van der Waals surface area contributed by atoms with Crippen LogP contribution >= 0.6 is 0 Å². The number of oxazole rings is 1. The molecule has 1 fully saturated rings. The number of nitrogens with two attached hydrogens (primary N) is 1. The molecule has 0 radical (unpaired) electrons. The molecule has 3 rings (SSSR count). The molecule has 1 aliphatic heterocycles. The molecule has 24 heavy (non-hydrogen) atoms. The molecule has 0 aliphatic carbocycles. The topological polar surface area (TPSA) is 75.6 Å². The van der Waals surface area contributed by atoms with Crippen molar-refractivity contribution in [2.24, 2.45) is 11.7 Å². The summed E-state index contributed by atoms with van der Waals surface area (Å²) in [7, 11) is 0. The zero-order valence-corrected chi connectivity index (χ0v) is 14.2. The first-order chi connectivity index (χ1) is 11.6. The van der Waals surface area contributed by atoms with Crippen LogP contribution in [0.5, 0.6) is 0 Å². The maximum Gasteiger partial charge on any atom is 0.275 e. The molecular weight excluding hydrogens is 304 g/mol. The lowest BCUT2D eigenvalue weighted by molar-refractivity contribution is 0.0740. The summed E-state index contributed by atoms with van der Waals surface area (Å²) < 4.78 is 5.40. The van der Waals surface area contributed by atoms with E-state index in [4.69, 9.17) is 10.2 Å². The summed E-state index contributed by atoms with van der Waals surface area (Å²) in [6.07, 6.45) is 1.42. The molecule has 0 bridgehead atoms. The standard InChI is InChI=1S/C18H24N4O2/c1-13(2)16(19)17-20-15(12-24-17)18(23)22-10-8-21(9-11-22)14-6-4-3-5-7-14/h3-7,12-13,16H,8-11,19H2,1-2H3. The fraction of sp³-hybridized carbons (Fsp3) is 0.444. The maximum atomic E-state index is 12.6. The van der Waals surface area contributed by atoms with Crippen LogP contribution in [0.2, 0.25) is 0 Å². The first-order valence-corrected chi connectivity index (χ1v) is 8.36. The summed E-state index contributed by atoms with van der Waals surface area (Å²) in [6.45, 7) is 6.97. The Bertz CT molecular complexity index is 675. The van der Waals surface area contributed by atoms with Gasteiger partial charge in [0.1, 0.15) is 6.26 Å².